The zero-order valence-electron chi connectivity index (χ0n) is 10.0. The van der Waals surface area contributed by atoms with Crippen LogP contribution in [0.5, 0.6) is 0 Å². The first kappa shape index (κ1) is 17.0. The van der Waals surface area contributed by atoms with Gasteiger partial charge >= 0.3 is 0 Å². The maximum atomic E-state index is 13.0. The molecule has 0 aromatic heterocycles. The molecule has 0 amide bonds. The first-order valence-electron chi connectivity index (χ1n) is 5.34. The molecule has 0 saturated carbocycles. The third kappa shape index (κ3) is 3.71. The largest absolute Gasteiger partial charge is 0.278 e. The fourth-order valence-corrected chi connectivity index (χ4v) is 4.50. The molecular formula is C12H6Br2Cl2FNO2S. The smallest absolute Gasteiger partial charge is 0.263 e. The maximum absolute atomic E-state index is 13.0. The third-order valence-electron chi connectivity index (χ3n) is 2.46. The van der Waals surface area contributed by atoms with Crippen molar-refractivity contribution in [3.8, 4) is 0 Å². The highest BCUT2D eigenvalue weighted by molar-refractivity contribution is 9.10. The summed E-state index contributed by atoms with van der Waals surface area (Å²) in [6.07, 6.45) is 0. The van der Waals surface area contributed by atoms with Gasteiger partial charge in [-0.15, -0.1) is 0 Å². The van der Waals surface area contributed by atoms with E-state index < -0.39 is 15.8 Å². The van der Waals surface area contributed by atoms with Gasteiger partial charge in [-0.05, 0) is 62.2 Å². The Balaban J connectivity index is 2.45. The molecule has 0 atom stereocenters. The normalized spacial score (nSPS) is 11.5. The highest BCUT2D eigenvalue weighted by Gasteiger charge is 2.20. The number of nitrogens with one attached hydrogen (secondary N) is 1. The zero-order valence-corrected chi connectivity index (χ0v) is 15.5. The van der Waals surface area contributed by atoms with Crippen LogP contribution in [0.4, 0.5) is 10.1 Å². The lowest BCUT2D eigenvalue weighted by Crippen LogP contribution is -2.14. The number of sulfonamides is 1. The van der Waals surface area contributed by atoms with Crippen LogP contribution in [0.15, 0.2) is 44.2 Å². The Kier molecular flexibility index (Phi) is 5.20. The van der Waals surface area contributed by atoms with E-state index in [2.05, 4.69) is 36.6 Å². The van der Waals surface area contributed by atoms with Crippen molar-refractivity contribution in [3.05, 3.63) is 55.1 Å². The minimum absolute atomic E-state index is 0.0628. The van der Waals surface area contributed by atoms with E-state index in [-0.39, 0.29) is 25.1 Å². The van der Waals surface area contributed by atoms with Crippen LogP contribution < -0.4 is 4.72 Å². The quantitative estimate of drug-likeness (QED) is 0.597. The van der Waals surface area contributed by atoms with Crippen molar-refractivity contribution >= 4 is 70.8 Å². The van der Waals surface area contributed by atoms with Gasteiger partial charge in [-0.2, -0.15) is 0 Å². The van der Waals surface area contributed by atoms with Gasteiger partial charge in [0.25, 0.3) is 10.0 Å². The molecule has 0 heterocycles. The van der Waals surface area contributed by atoms with E-state index in [1.165, 1.54) is 6.07 Å². The molecular weight excluding hydrogens is 472 g/mol. The molecule has 0 aliphatic heterocycles. The number of halogens is 5. The lowest BCUT2D eigenvalue weighted by molar-refractivity contribution is 0.599. The summed E-state index contributed by atoms with van der Waals surface area (Å²) in [7, 11) is -3.93. The first-order valence-corrected chi connectivity index (χ1v) is 9.16. The predicted octanol–water partition coefficient (Wildman–Crippen LogP) is 5.46. The second kappa shape index (κ2) is 6.42. The van der Waals surface area contributed by atoms with Crippen LogP contribution in [0.3, 0.4) is 0 Å². The summed E-state index contributed by atoms with van der Waals surface area (Å²) in [5, 5.41) is 0.253. The molecule has 2 aromatic carbocycles. The fourth-order valence-electron chi connectivity index (χ4n) is 1.50. The van der Waals surface area contributed by atoms with Gasteiger partial charge in [0.2, 0.25) is 0 Å². The van der Waals surface area contributed by atoms with Gasteiger partial charge in [0.05, 0.1) is 15.7 Å². The Labute approximate surface area is 147 Å². The van der Waals surface area contributed by atoms with Gasteiger partial charge in [0.1, 0.15) is 10.7 Å². The van der Waals surface area contributed by atoms with Gasteiger partial charge in [-0.3, -0.25) is 4.72 Å². The van der Waals surface area contributed by atoms with Gasteiger partial charge in [0.15, 0.2) is 0 Å². The van der Waals surface area contributed by atoms with Crippen LogP contribution in [0.25, 0.3) is 0 Å². The predicted molar refractivity (Wildman–Crippen MR) is 89.1 cm³/mol. The molecule has 3 nitrogen and oxygen atoms in total. The topological polar surface area (TPSA) is 46.2 Å². The van der Waals surface area contributed by atoms with Crippen molar-refractivity contribution in [3.63, 3.8) is 0 Å². The minimum Gasteiger partial charge on any atom is -0.278 e. The lowest BCUT2D eigenvalue weighted by Gasteiger charge is -2.12. The lowest BCUT2D eigenvalue weighted by atomic mass is 10.3. The summed E-state index contributed by atoms with van der Waals surface area (Å²) in [4.78, 5) is -0.112. The molecule has 0 fully saturated rings. The summed E-state index contributed by atoms with van der Waals surface area (Å²) in [5.74, 6) is -0.550. The average molecular weight is 478 g/mol. The van der Waals surface area contributed by atoms with Crippen molar-refractivity contribution in [1.82, 2.24) is 0 Å². The van der Waals surface area contributed by atoms with Crippen molar-refractivity contribution in [2.24, 2.45) is 0 Å². The van der Waals surface area contributed by atoms with E-state index in [1.54, 1.807) is 6.07 Å². The maximum Gasteiger partial charge on any atom is 0.263 e. The van der Waals surface area contributed by atoms with Crippen LogP contribution in [0, 0.1) is 5.82 Å². The molecule has 0 spiro atoms. The molecule has 21 heavy (non-hydrogen) atoms. The number of hydrogen-bond donors (Lipinski definition) is 1. The highest BCUT2D eigenvalue weighted by atomic mass is 79.9. The SMILES string of the molecule is O=S(=O)(Nc1ccc(Br)c(Cl)c1Cl)c1ccc(F)cc1Br. The number of hydrogen-bond acceptors (Lipinski definition) is 2. The van der Waals surface area contributed by atoms with E-state index in [0.717, 1.165) is 18.2 Å². The molecule has 2 rings (SSSR count). The van der Waals surface area contributed by atoms with Crippen molar-refractivity contribution < 1.29 is 12.8 Å². The van der Waals surface area contributed by atoms with Gasteiger partial charge in [-0.25, -0.2) is 12.8 Å². The van der Waals surface area contributed by atoms with Gasteiger partial charge in [-0.1, -0.05) is 23.2 Å². The molecule has 0 saturated heterocycles. The van der Waals surface area contributed by atoms with Crippen LogP contribution >= 0.6 is 55.1 Å². The van der Waals surface area contributed by atoms with E-state index in [4.69, 9.17) is 23.2 Å². The summed E-state index contributed by atoms with van der Waals surface area (Å²) in [6, 6.07) is 6.29. The van der Waals surface area contributed by atoms with E-state index >= 15 is 0 Å². The van der Waals surface area contributed by atoms with Gasteiger partial charge < -0.3 is 0 Å². The van der Waals surface area contributed by atoms with Gasteiger partial charge in [0, 0.05) is 8.95 Å². The number of rotatable bonds is 3. The molecule has 2 aromatic rings. The Morgan fingerprint density at radius 3 is 2.29 bits per heavy atom. The Bertz CT molecular complexity index is 815. The van der Waals surface area contributed by atoms with E-state index in [0.29, 0.717) is 4.47 Å². The molecule has 0 unspecified atom stereocenters. The molecule has 0 aliphatic rings. The van der Waals surface area contributed by atoms with Crippen LogP contribution in [0.1, 0.15) is 0 Å². The molecule has 9 heteroatoms. The first-order chi connectivity index (χ1) is 9.72. The number of benzene rings is 2. The van der Waals surface area contributed by atoms with Crippen LogP contribution in [-0.2, 0) is 10.0 Å². The summed E-state index contributed by atoms with van der Waals surface area (Å²) < 4.78 is 40.6. The number of anilines is 1. The monoisotopic (exact) mass is 475 g/mol. The molecule has 0 radical (unpaired) electrons. The third-order valence-corrected chi connectivity index (χ3v) is 6.58. The molecule has 0 bridgehead atoms. The Morgan fingerprint density at radius 1 is 1.00 bits per heavy atom. The second-order valence-corrected chi connectivity index (χ2v) is 8.02. The molecule has 112 valence electrons. The Hall–Kier alpha value is -0.340. The van der Waals surface area contributed by atoms with Crippen LogP contribution in [-0.4, -0.2) is 8.42 Å². The van der Waals surface area contributed by atoms with Crippen molar-refractivity contribution in [2.75, 3.05) is 4.72 Å². The summed E-state index contributed by atoms with van der Waals surface area (Å²) in [6.45, 7) is 0. The zero-order chi connectivity index (χ0) is 15.8. The molecule has 1 N–H and O–H groups in total. The van der Waals surface area contributed by atoms with Crippen LogP contribution in [0.2, 0.25) is 10.0 Å². The van der Waals surface area contributed by atoms with E-state index in [1.807, 2.05) is 0 Å². The summed E-state index contributed by atoms with van der Waals surface area (Å²) in [5.41, 5.74) is 0.126. The van der Waals surface area contributed by atoms with Crippen molar-refractivity contribution in [2.45, 2.75) is 4.90 Å². The Morgan fingerprint density at radius 2 is 1.67 bits per heavy atom. The standard InChI is InChI=1S/C12H6Br2Cl2FNO2S/c13-7-2-3-9(12(16)11(7)15)18-21(19,20)10-4-1-6(17)5-8(10)14/h1-5,18H. The second-order valence-electron chi connectivity index (χ2n) is 3.90. The highest BCUT2D eigenvalue weighted by Crippen LogP contribution is 2.37. The van der Waals surface area contributed by atoms with Crippen molar-refractivity contribution in [1.29, 1.82) is 0 Å². The summed E-state index contributed by atoms with van der Waals surface area (Å²) >= 11 is 18.1. The minimum atomic E-state index is -3.93. The molecule has 0 aliphatic carbocycles. The fraction of sp³-hybridized carbons (Fsp3) is 0. The average Bonchev–Trinajstić information content (AvgIpc) is 2.39. The van der Waals surface area contributed by atoms with E-state index in [9.17, 15) is 12.8 Å².